The minimum absolute atomic E-state index is 0.00434. The number of carbonyl (C=O) groups excluding carboxylic acids is 2. The molecule has 5 heteroatoms. The van der Waals surface area contributed by atoms with E-state index in [0.29, 0.717) is 19.5 Å². The Bertz CT molecular complexity index is 801. The number of hydrogen-bond acceptors (Lipinski definition) is 3. The first-order chi connectivity index (χ1) is 14.9. The first kappa shape index (κ1) is 25.1. The minimum Gasteiger partial charge on any atom is -0.332 e. The Balaban J connectivity index is 2.06. The Labute approximate surface area is 192 Å². The number of nitrogens with zero attached hydrogens (tertiary/aromatic N) is 2. The van der Waals surface area contributed by atoms with Gasteiger partial charge in [-0.2, -0.15) is 0 Å². The van der Waals surface area contributed by atoms with E-state index in [1.807, 2.05) is 49.1 Å². The molecule has 0 N–H and O–H groups in total. The highest BCUT2D eigenvalue weighted by molar-refractivity contribution is 7.10. The summed E-state index contributed by atoms with van der Waals surface area (Å²) in [4.78, 5) is 31.1. The third-order valence-electron chi connectivity index (χ3n) is 5.62. The summed E-state index contributed by atoms with van der Waals surface area (Å²) in [7, 11) is 0. The van der Waals surface area contributed by atoms with Crippen LogP contribution in [-0.2, 0) is 22.7 Å². The Morgan fingerprint density at radius 1 is 0.935 bits per heavy atom. The second-order valence-electron chi connectivity index (χ2n) is 8.54. The van der Waals surface area contributed by atoms with Gasteiger partial charge in [0.2, 0.25) is 11.8 Å². The monoisotopic (exact) mass is 442 g/mol. The maximum Gasteiger partial charge on any atom is 0.242 e. The number of thiophene rings is 1. The van der Waals surface area contributed by atoms with E-state index >= 15 is 0 Å². The summed E-state index contributed by atoms with van der Waals surface area (Å²) in [6, 6.07) is 12.2. The first-order valence-corrected chi connectivity index (χ1v) is 12.4. The fraction of sp³-hybridized carbons (Fsp3) is 0.538. The Hall–Kier alpha value is -2.14. The third-order valence-corrected chi connectivity index (χ3v) is 6.62. The van der Waals surface area contributed by atoms with Crippen molar-refractivity contribution in [2.24, 2.45) is 0 Å². The highest BCUT2D eigenvalue weighted by atomic mass is 32.1. The van der Waals surface area contributed by atoms with Gasteiger partial charge in [-0.3, -0.25) is 9.59 Å². The van der Waals surface area contributed by atoms with Gasteiger partial charge in [0, 0.05) is 23.9 Å². The molecule has 2 aromatic rings. The number of aryl methyl sites for hydroxylation is 1. The van der Waals surface area contributed by atoms with Crippen molar-refractivity contribution in [1.82, 2.24) is 9.80 Å². The van der Waals surface area contributed by atoms with Crippen molar-refractivity contribution >= 4 is 23.2 Å². The van der Waals surface area contributed by atoms with E-state index in [4.69, 9.17) is 0 Å². The molecule has 0 spiro atoms. The molecular weight excluding hydrogens is 404 g/mol. The molecular formula is C26H38N2O2S. The summed E-state index contributed by atoms with van der Waals surface area (Å²) >= 11 is 1.68. The van der Waals surface area contributed by atoms with Crippen molar-refractivity contribution in [2.75, 3.05) is 6.54 Å². The minimum atomic E-state index is 0.00434. The standard InChI is InChI=1S/C26H38N2O2S/c1-5-6-7-8-12-15-25(29)28(21(2)3)20-26(30)27(18-23-13-10-9-11-14-23)19-24-22(4)16-17-31-24/h9-11,13-14,16-17,21H,5-8,12,15,18-20H2,1-4H3. The maximum atomic E-state index is 13.4. The summed E-state index contributed by atoms with van der Waals surface area (Å²) < 4.78 is 0. The van der Waals surface area contributed by atoms with Crippen LogP contribution < -0.4 is 0 Å². The van der Waals surface area contributed by atoms with Gasteiger partial charge >= 0.3 is 0 Å². The molecule has 0 saturated heterocycles. The molecule has 0 atom stereocenters. The predicted molar refractivity (Wildman–Crippen MR) is 130 cm³/mol. The van der Waals surface area contributed by atoms with Gasteiger partial charge in [0.15, 0.2) is 0 Å². The lowest BCUT2D eigenvalue weighted by molar-refractivity contribution is -0.142. The zero-order valence-electron chi connectivity index (χ0n) is 19.6. The van der Waals surface area contributed by atoms with Crippen LogP contribution in [0.2, 0.25) is 0 Å². The zero-order valence-corrected chi connectivity index (χ0v) is 20.4. The molecule has 2 rings (SSSR count). The number of carbonyl (C=O) groups is 2. The lowest BCUT2D eigenvalue weighted by atomic mass is 10.1. The van der Waals surface area contributed by atoms with Crippen LogP contribution in [0.4, 0.5) is 0 Å². The maximum absolute atomic E-state index is 13.4. The topological polar surface area (TPSA) is 40.6 Å². The highest BCUT2D eigenvalue weighted by Crippen LogP contribution is 2.20. The van der Waals surface area contributed by atoms with Gasteiger partial charge in [0.05, 0.1) is 13.1 Å². The largest absolute Gasteiger partial charge is 0.332 e. The highest BCUT2D eigenvalue weighted by Gasteiger charge is 2.24. The lowest BCUT2D eigenvalue weighted by Crippen LogP contribution is -2.45. The molecule has 1 heterocycles. The van der Waals surface area contributed by atoms with Crippen LogP contribution in [0.5, 0.6) is 0 Å². The molecule has 2 amide bonds. The van der Waals surface area contributed by atoms with E-state index in [2.05, 4.69) is 25.3 Å². The summed E-state index contributed by atoms with van der Waals surface area (Å²) in [5.41, 5.74) is 2.31. The summed E-state index contributed by atoms with van der Waals surface area (Å²) in [5.74, 6) is 0.0940. The molecule has 0 radical (unpaired) electrons. The van der Waals surface area contributed by atoms with Gasteiger partial charge in [-0.05, 0) is 49.8 Å². The van der Waals surface area contributed by atoms with Crippen molar-refractivity contribution in [2.45, 2.75) is 85.4 Å². The van der Waals surface area contributed by atoms with Crippen LogP contribution in [0.1, 0.15) is 75.3 Å². The molecule has 1 aromatic heterocycles. The summed E-state index contributed by atoms with van der Waals surface area (Å²) in [6.45, 7) is 9.53. The van der Waals surface area contributed by atoms with E-state index in [1.165, 1.54) is 29.7 Å². The molecule has 0 bridgehead atoms. The Morgan fingerprint density at radius 3 is 2.26 bits per heavy atom. The molecule has 0 aliphatic heterocycles. The summed E-state index contributed by atoms with van der Waals surface area (Å²) in [5, 5.41) is 2.07. The van der Waals surface area contributed by atoms with E-state index in [0.717, 1.165) is 18.4 Å². The van der Waals surface area contributed by atoms with E-state index < -0.39 is 0 Å². The Morgan fingerprint density at radius 2 is 1.65 bits per heavy atom. The fourth-order valence-corrected chi connectivity index (χ4v) is 4.52. The molecule has 0 aliphatic carbocycles. The second kappa shape index (κ2) is 13.3. The normalized spacial score (nSPS) is 11.0. The van der Waals surface area contributed by atoms with Gasteiger partial charge < -0.3 is 9.80 Å². The fourth-order valence-electron chi connectivity index (χ4n) is 3.60. The van der Waals surface area contributed by atoms with Crippen molar-refractivity contribution in [3.8, 4) is 0 Å². The van der Waals surface area contributed by atoms with Crippen molar-refractivity contribution in [3.05, 3.63) is 57.8 Å². The van der Waals surface area contributed by atoms with E-state index in [-0.39, 0.29) is 24.4 Å². The van der Waals surface area contributed by atoms with Gasteiger partial charge in [0.1, 0.15) is 0 Å². The lowest BCUT2D eigenvalue weighted by Gasteiger charge is -2.30. The molecule has 170 valence electrons. The van der Waals surface area contributed by atoms with Crippen LogP contribution in [0.15, 0.2) is 41.8 Å². The average molecular weight is 443 g/mol. The van der Waals surface area contributed by atoms with E-state index in [1.54, 1.807) is 16.2 Å². The predicted octanol–water partition coefficient (Wildman–Crippen LogP) is 6.18. The van der Waals surface area contributed by atoms with Crippen LogP contribution in [0, 0.1) is 6.92 Å². The van der Waals surface area contributed by atoms with Crippen molar-refractivity contribution in [1.29, 1.82) is 0 Å². The van der Waals surface area contributed by atoms with Crippen molar-refractivity contribution < 1.29 is 9.59 Å². The zero-order chi connectivity index (χ0) is 22.6. The first-order valence-electron chi connectivity index (χ1n) is 11.6. The molecule has 0 saturated carbocycles. The Kier molecular flexibility index (Phi) is 10.8. The molecule has 0 fully saturated rings. The second-order valence-corrected chi connectivity index (χ2v) is 9.54. The number of rotatable bonds is 13. The van der Waals surface area contributed by atoms with Crippen LogP contribution in [0.25, 0.3) is 0 Å². The van der Waals surface area contributed by atoms with E-state index in [9.17, 15) is 9.59 Å². The average Bonchev–Trinajstić information content (AvgIpc) is 3.16. The van der Waals surface area contributed by atoms with Crippen LogP contribution in [-0.4, -0.2) is 34.2 Å². The smallest absolute Gasteiger partial charge is 0.242 e. The third kappa shape index (κ3) is 8.48. The van der Waals surface area contributed by atoms with Gasteiger partial charge in [-0.15, -0.1) is 11.3 Å². The van der Waals surface area contributed by atoms with Crippen LogP contribution in [0.3, 0.4) is 0 Å². The number of unbranched alkanes of at least 4 members (excludes halogenated alkanes) is 4. The van der Waals surface area contributed by atoms with Crippen LogP contribution >= 0.6 is 11.3 Å². The summed E-state index contributed by atoms with van der Waals surface area (Å²) in [6.07, 6.45) is 6.10. The molecule has 0 aliphatic rings. The van der Waals surface area contributed by atoms with Gasteiger partial charge in [-0.1, -0.05) is 62.9 Å². The number of hydrogen-bond donors (Lipinski definition) is 0. The molecule has 31 heavy (non-hydrogen) atoms. The number of amides is 2. The van der Waals surface area contributed by atoms with Gasteiger partial charge in [0.25, 0.3) is 0 Å². The molecule has 0 unspecified atom stereocenters. The molecule has 4 nitrogen and oxygen atoms in total. The molecule has 1 aromatic carbocycles. The van der Waals surface area contributed by atoms with Crippen molar-refractivity contribution in [3.63, 3.8) is 0 Å². The quantitative estimate of drug-likeness (QED) is 0.347. The number of benzene rings is 1. The van der Waals surface area contributed by atoms with Gasteiger partial charge in [-0.25, -0.2) is 0 Å². The SMILES string of the molecule is CCCCCCCC(=O)N(CC(=O)N(Cc1ccccc1)Cc1sccc1C)C(C)C.